The van der Waals surface area contributed by atoms with Gasteiger partial charge in [-0.1, -0.05) is 0 Å². The lowest BCUT2D eigenvalue weighted by atomic mass is 10.0. The predicted molar refractivity (Wildman–Crippen MR) is 53.9 cm³/mol. The molecule has 0 aliphatic carbocycles. The number of ether oxygens (including phenoxy) is 1. The summed E-state index contributed by atoms with van der Waals surface area (Å²) in [5, 5.41) is 0. The maximum Gasteiger partial charge on any atom is 0.0703 e. The van der Waals surface area contributed by atoms with E-state index in [0.717, 1.165) is 13.2 Å². The van der Waals surface area contributed by atoms with E-state index in [2.05, 4.69) is 18.7 Å². The highest BCUT2D eigenvalue weighted by atomic mass is 16.5. The van der Waals surface area contributed by atoms with Crippen molar-refractivity contribution in [2.75, 3.05) is 19.7 Å². The standard InChI is InChI=1S/C11H21NO/c1-11(2)6-4-7-12(11)9-10-5-3-8-13-10/h10H,3-9H2,1-2H3/t10-/m1/s1. The monoisotopic (exact) mass is 183 g/mol. The van der Waals surface area contributed by atoms with Gasteiger partial charge in [-0.2, -0.15) is 0 Å². The summed E-state index contributed by atoms with van der Waals surface area (Å²) in [6.07, 6.45) is 5.77. The number of hydrogen-bond donors (Lipinski definition) is 0. The van der Waals surface area contributed by atoms with Crippen molar-refractivity contribution < 1.29 is 4.74 Å². The van der Waals surface area contributed by atoms with Crippen LogP contribution in [-0.4, -0.2) is 36.2 Å². The van der Waals surface area contributed by atoms with Crippen LogP contribution in [0.5, 0.6) is 0 Å². The molecular weight excluding hydrogens is 162 g/mol. The SMILES string of the molecule is CC1(C)CCCN1C[C@H]1CCCO1. The number of nitrogens with zero attached hydrogens (tertiary/aromatic N) is 1. The van der Waals surface area contributed by atoms with Crippen LogP contribution in [0.1, 0.15) is 39.5 Å². The molecule has 0 aromatic carbocycles. The van der Waals surface area contributed by atoms with Gasteiger partial charge >= 0.3 is 0 Å². The van der Waals surface area contributed by atoms with Crippen LogP contribution in [-0.2, 0) is 4.74 Å². The molecule has 2 fully saturated rings. The van der Waals surface area contributed by atoms with Crippen molar-refractivity contribution in [1.82, 2.24) is 4.90 Å². The van der Waals surface area contributed by atoms with E-state index in [-0.39, 0.29) is 0 Å². The van der Waals surface area contributed by atoms with E-state index >= 15 is 0 Å². The second-order valence-corrected chi connectivity index (χ2v) is 5.00. The van der Waals surface area contributed by atoms with Crippen molar-refractivity contribution in [3.8, 4) is 0 Å². The summed E-state index contributed by atoms with van der Waals surface area (Å²) in [7, 11) is 0. The average Bonchev–Trinajstić information content (AvgIpc) is 2.63. The molecule has 2 aliphatic rings. The van der Waals surface area contributed by atoms with Gasteiger partial charge in [-0.25, -0.2) is 0 Å². The van der Waals surface area contributed by atoms with E-state index in [1.807, 2.05) is 0 Å². The highest BCUT2D eigenvalue weighted by molar-refractivity contribution is 4.89. The molecular formula is C11H21NO. The topological polar surface area (TPSA) is 12.5 Å². The van der Waals surface area contributed by atoms with E-state index in [1.54, 1.807) is 0 Å². The van der Waals surface area contributed by atoms with E-state index in [0.29, 0.717) is 11.6 Å². The Bertz CT molecular complexity index is 173. The summed E-state index contributed by atoms with van der Waals surface area (Å²) in [4.78, 5) is 2.60. The van der Waals surface area contributed by atoms with Crippen LogP contribution >= 0.6 is 0 Å². The van der Waals surface area contributed by atoms with Crippen molar-refractivity contribution in [3.63, 3.8) is 0 Å². The van der Waals surface area contributed by atoms with Crippen LogP contribution in [0.2, 0.25) is 0 Å². The van der Waals surface area contributed by atoms with Crippen molar-refractivity contribution in [2.45, 2.75) is 51.2 Å². The van der Waals surface area contributed by atoms with E-state index in [1.165, 1.54) is 32.2 Å². The predicted octanol–water partition coefficient (Wildman–Crippen LogP) is 2.04. The van der Waals surface area contributed by atoms with E-state index < -0.39 is 0 Å². The summed E-state index contributed by atoms with van der Waals surface area (Å²) < 4.78 is 5.67. The fraction of sp³-hybridized carbons (Fsp3) is 1.00. The van der Waals surface area contributed by atoms with Crippen LogP contribution < -0.4 is 0 Å². The first-order chi connectivity index (χ1) is 6.18. The van der Waals surface area contributed by atoms with Gasteiger partial charge < -0.3 is 4.74 Å². The summed E-state index contributed by atoms with van der Waals surface area (Å²) in [6.45, 7) is 8.13. The van der Waals surface area contributed by atoms with Gasteiger partial charge in [0, 0.05) is 18.7 Å². The minimum absolute atomic E-state index is 0.423. The highest BCUT2D eigenvalue weighted by Gasteiger charge is 2.33. The average molecular weight is 183 g/mol. The van der Waals surface area contributed by atoms with Gasteiger partial charge in [-0.15, -0.1) is 0 Å². The molecule has 0 bridgehead atoms. The van der Waals surface area contributed by atoms with Crippen LogP contribution in [0.3, 0.4) is 0 Å². The Hall–Kier alpha value is -0.0800. The molecule has 2 rings (SSSR count). The molecule has 2 nitrogen and oxygen atoms in total. The molecule has 2 saturated heterocycles. The number of likely N-dealkylation sites (tertiary alicyclic amines) is 1. The van der Waals surface area contributed by atoms with Gasteiger partial charge in [0.15, 0.2) is 0 Å². The Labute approximate surface area is 81.3 Å². The molecule has 2 aliphatic heterocycles. The zero-order valence-corrected chi connectivity index (χ0v) is 8.88. The summed E-state index contributed by atoms with van der Waals surface area (Å²) in [6, 6.07) is 0. The van der Waals surface area contributed by atoms with Crippen molar-refractivity contribution in [1.29, 1.82) is 0 Å². The lowest BCUT2D eigenvalue weighted by Gasteiger charge is -2.33. The first-order valence-corrected chi connectivity index (χ1v) is 5.55. The maximum absolute atomic E-state index is 5.67. The summed E-state index contributed by atoms with van der Waals surface area (Å²) >= 11 is 0. The van der Waals surface area contributed by atoms with Crippen molar-refractivity contribution in [3.05, 3.63) is 0 Å². The smallest absolute Gasteiger partial charge is 0.0703 e. The van der Waals surface area contributed by atoms with Gasteiger partial charge in [-0.3, -0.25) is 4.90 Å². The Morgan fingerprint density at radius 3 is 2.77 bits per heavy atom. The minimum Gasteiger partial charge on any atom is -0.377 e. The largest absolute Gasteiger partial charge is 0.377 e. The Morgan fingerprint density at radius 1 is 1.38 bits per heavy atom. The zero-order valence-electron chi connectivity index (χ0n) is 8.88. The van der Waals surface area contributed by atoms with E-state index in [4.69, 9.17) is 4.74 Å². The quantitative estimate of drug-likeness (QED) is 0.649. The molecule has 2 heterocycles. The van der Waals surface area contributed by atoms with E-state index in [9.17, 15) is 0 Å². The first-order valence-electron chi connectivity index (χ1n) is 5.55. The molecule has 0 amide bonds. The first kappa shape index (κ1) is 9.47. The molecule has 0 spiro atoms. The van der Waals surface area contributed by atoms with Gasteiger partial charge in [-0.05, 0) is 46.1 Å². The van der Waals surface area contributed by atoms with Crippen molar-refractivity contribution in [2.24, 2.45) is 0 Å². The van der Waals surface area contributed by atoms with Gasteiger partial charge in [0.1, 0.15) is 0 Å². The van der Waals surface area contributed by atoms with Gasteiger partial charge in [0.05, 0.1) is 6.10 Å². The number of hydrogen-bond acceptors (Lipinski definition) is 2. The summed E-state index contributed by atoms with van der Waals surface area (Å²) in [5.74, 6) is 0. The zero-order chi connectivity index (χ0) is 9.31. The fourth-order valence-electron chi connectivity index (χ4n) is 2.54. The van der Waals surface area contributed by atoms with Crippen LogP contribution in [0.25, 0.3) is 0 Å². The molecule has 0 aromatic rings. The molecule has 1 atom stereocenters. The van der Waals surface area contributed by atoms with Crippen LogP contribution in [0, 0.1) is 0 Å². The van der Waals surface area contributed by atoms with Crippen LogP contribution in [0.15, 0.2) is 0 Å². The Morgan fingerprint density at radius 2 is 2.23 bits per heavy atom. The van der Waals surface area contributed by atoms with Crippen molar-refractivity contribution >= 4 is 0 Å². The van der Waals surface area contributed by atoms with Crippen LogP contribution in [0.4, 0.5) is 0 Å². The second-order valence-electron chi connectivity index (χ2n) is 5.00. The third-order valence-electron chi connectivity index (χ3n) is 3.52. The lowest BCUT2D eigenvalue weighted by molar-refractivity contribution is 0.0513. The molecule has 76 valence electrons. The number of rotatable bonds is 2. The molecule has 0 aromatic heterocycles. The molecule has 0 saturated carbocycles. The second kappa shape index (κ2) is 3.58. The molecule has 0 radical (unpaired) electrons. The Kier molecular flexibility index (Phi) is 2.61. The maximum atomic E-state index is 5.67. The molecule has 2 heteroatoms. The Balaban J connectivity index is 1.86. The highest BCUT2D eigenvalue weighted by Crippen LogP contribution is 2.29. The third-order valence-corrected chi connectivity index (χ3v) is 3.52. The molecule has 0 N–H and O–H groups in total. The third kappa shape index (κ3) is 2.05. The lowest BCUT2D eigenvalue weighted by Crippen LogP contribution is -2.42. The molecule has 13 heavy (non-hydrogen) atoms. The minimum atomic E-state index is 0.423. The normalized spacial score (nSPS) is 34.2. The summed E-state index contributed by atoms with van der Waals surface area (Å²) in [5.41, 5.74) is 0.423. The van der Waals surface area contributed by atoms with Gasteiger partial charge in [0.25, 0.3) is 0 Å². The fourth-order valence-corrected chi connectivity index (χ4v) is 2.54. The molecule has 0 unspecified atom stereocenters. The van der Waals surface area contributed by atoms with Gasteiger partial charge in [0.2, 0.25) is 0 Å².